The molecule has 0 amide bonds. The summed E-state index contributed by atoms with van der Waals surface area (Å²) in [5.41, 5.74) is 6.85. The summed E-state index contributed by atoms with van der Waals surface area (Å²) >= 11 is 3.53. The Kier molecular flexibility index (Phi) is 5.42. The van der Waals surface area contributed by atoms with Crippen molar-refractivity contribution in [2.75, 3.05) is 20.2 Å². The van der Waals surface area contributed by atoms with E-state index in [9.17, 15) is 0 Å². The standard InChI is InChI=1S/C15H25BrN2O/c1-14(2,10-18-15(3,4)9-17)12-8-11(16)6-7-13(12)19-5/h6-8,18H,9-10,17H2,1-5H3. The quantitative estimate of drug-likeness (QED) is 0.843. The van der Waals surface area contributed by atoms with E-state index < -0.39 is 0 Å². The first-order chi connectivity index (χ1) is 8.72. The van der Waals surface area contributed by atoms with Gasteiger partial charge < -0.3 is 15.8 Å². The fourth-order valence-electron chi connectivity index (χ4n) is 1.84. The maximum atomic E-state index is 5.76. The van der Waals surface area contributed by atoms with Gasteiger partial charge >= 0.3 is 0 Å². The van der Waals surface area contributed by atoms with Crippen molar-refractivity contribution in [2.24, 2.45) is 5.73 Å². The second-order valence-corrected chi connectivity index (χ2v) is 7.09. The molecule has 3 N–H and O–H groups in total. The van der Waals surface area contributed by atoms with Crippen LogP contribution in [0, 0.1) is 0 Å². The molecule has 0 bridgehead atoms. The molecule has 4 heteroatoms. The Morgan fingerprint density at radius 3 is 2.42 bits per heavy atom. The van der Waals surface area contributed by atoms with E-state index in [1.807, 2.05) is 12.1 Å². The molecule has 19 heavy (non-hydrogen) atoms. The lowest BCUT2D eigenvalue weighted by molar-refractivity contribution is 0.335. The molecule has 1 rings (SSSR count). The number of nitrogens with one attached hydrogen (secondary N) is 1. The number of ether oxygens (including phenoxy) is 1. The molecule has 0 saturated carbocycles. The monoisotopic (exact) mass is 328 g/mol. The van der Waals surface area contributed by atoms with Gasteiger partial charge in [0, 0.05) is 34.1 Å². The van der Waals surface area contributed by atoms with Crippen molar-refractivity contribution in [3.63, 3.8) is 0 Å². The number of rotatable bonds is 6. The summed E-state index contributed by atoms with van der Waals surface area (Å²) in [7, 11) is 1.71. The molecule has 0 aliphatic carbocycles. The van der Waals surface area contributed by atoms with Crippen molar-refractivity contribution in [3.05, 3.63) is 28.2 Å². The molecule has 0 heterocycles. The van der Waals surface area contributed by atoms with E-state index in [2.05, 4.69) is 55.0 Å². The zero-order valence-corrected chi connectivity index (χ0v) is 14.1. The first-order valence-electron chi connectivity index (χ1n) is 6.51. The van der Waals surface area contributed by atoms with Crippen LogP contribution in [0.4, 0.5) is 0 Å². The zero-order chi connectivity index (χ0) is 14.7. The normalized spacial score (nSPS) is 12.6. The first kappa shape index (κ1) is 16.5. The third kappa shape index (κ3) is 4.48. The van der Waals surface area contributed by atoms with Crippen LogP contribution in [0.2, 0.25) is 0 Å². The van der Waals surface area contributed by atoms with Crippen LogP contribution in [-0.2, 0) is 5.41 Å². The van der Waals surface area contributed by atoms with Gasteiger partial charge in [-0.3, -0.25) is 0 Å². The van der Waals surface area contributed by atoms with Crippen LogP contribution < -0.4 is 15.8 Å². The molecule has 0 saturated heterocycles. The number of hydrogen-bond acceptors (Lipinski definition) is 3. The van der Waals surface area contributed by atoms with Gasteiger partial charge in [-0.25, -0.2) is 0 Å². The molecule has 0 unspecified atom stereocenters. The van der Waals surface area contributed by atoms with Crippen LogP contribution in [0.1, 0.15) is 33.3 Å². The van der Waals surface area contributed by atoms with Crippen molar-refractivity contribution in [1.82, 2.24) is 5.32 Å². The fourth-order valence-corrected chi connectivity index (χ4v) is 2.20. The van der Waals surface area contributed by atoms with E-state index >= 15 is 0 Å². The van der Waals surface area contributed by atoms with Gasteiger partial charge in [0.15, 0.2) is 0 Å². The highest BCUT2D eigenvalue weighted by Crippen LogP contribution is 2.33. The average molecular weight is 329 g/mol. The molecule has 108 valence electrons. The molecular formula is C15H25BrN2O. The SMILES string of the molecule is COc1ccc(Br)cc1C(C)(C)CNC(C)(C)CN. The maximum Gasteiger partial charge on any atom is 0.122 e. The van der Waals surface area contributed by atoms with Gasteiger partial charge in [-0.15, -0.1) is 0 Å². The molecule has 0 aromatic heterocycles. The van der Waals surface area contributed by atoms with Crippen LogP contribution in [0.5, 0.6) is 5.75 Å². The highest BCUT2D eigenvalue weighted by Gasteiger charge is 2.27. The minimum absolute atomic E-state index is 0.0401. The fraction of sp³-hybridized carbons (Fsp3) is 0.600. The minimum atomic E-state index is -0.0590. The molecule has 0 aliphatic rings. The summed E-state index contributed by atoms with van der Waals surface area (Å²) in [6.07, 6.45) is 0. The Bertz CT molecular complexity index is 430. The van der Waals surface area contributed by atoms with Gasteiger partial charge in [-0.2, -0.15) is 0 Å². The first-order valence-corrected chi connectivity index (χ1v) is 7.30. The lowest BCUT2D eigenvalue weighted by atomic mass is 9.83. The van der Waals surface area contributed by atoms with E-state index in [1.165, 1.54) is 5.56 Å². The van der Waals surface area contributed by atoms with Crippen molar-refractivity contribution in [3.8, 4) is 5.75 Å². The number of halogens is 1. The van der Waals surface area contributed by atoms with Gasteiger partial charge in [0.2, 0.25) is 0 Å². The number of hydrogen-bond donors (Lipinski definition) is 2. The number of benzene rings is 1. The van der Waals surface area contributed by atoms with Crippen LogP contribution >= 0.6 is 15.9 Å². The Morgan fingerprint density at radius 2 is 1.89 bits per heavy atom. The molecule has 0 atom stereocenters. The van der Waals surface area contributed by atoms with Crippen LogP contribution in [0.3, 0.4) is 0 Å². The van der Waals surface area contributed by atoms with Crippen molar-refractivity contribution < 1.29 is 4.74 Å². The highest BCUT2D eigenvalue weighted by molar-refractivity contribution is 9.10. The highest BCUT2D eigenvalue weighted by atomic mass is 79.9. The van der Waals surface area contributed by atoms with Crippen molar-refractivity contribution >= 4 is 15.9 Å². The van der Waals surface area contributed by atoms with Gasteiger partial charge in [-0.05, 0) is 32.0 Å². The summed E-state index contributed by atoms with van der Waals surface area (Å²) in [6.45, 7) is 10.1. The largest absolute Gasteiger partial charge is 0.496 e. The molecule has 0 fully saturated rings. The minimum Gasteiger partial charge on any atom is -0.496 e. The molecule has 3 nitrogen and oxygen atoms in total. The lowest BCUT2D eigenvalue weighted by Gasteiger charge is -2.33. The Morgan fingerprint density at radius 1 is 1.26 bits per heavy atom. The third-order valence-electron chi connectivity index (χ3n) is 3.41. The topological polar surface area (TPSA) is 47.3 Å². The van der Waals surface area contributed by atoms with Gasteiger partial charge in [-0.1, -0.05) is 29.8 Å². The molecule has 0 aliphatic heterocycles. The third-order valence-corrected chi connectivity index (χ3v) is 3.90. The summed E-state index contributed by atoms with van der Waals surface area (Å²) < 4.78 is 6.54. The summed E-state index contributed by atoms with van der Waals surface area (Å²) in [5.74, 6) is 0.917. The second kappa shape index (κ2) is 6.25. The average Bonchev–Trinajstić information content (AvgIpc) is 2.37. The van der Waals surface area contributed by atoms with E-state index in [0.29, 0.717) is 6.54 Å². The van der Waals surface area contributed by atoms with Crippen molar-refractivity contribution in [1.29, 1.82) is 0 Å². The van der Waals surface area contributed by atoms with Gasteiger partial charge in [0.25, 0.3) is 0 Å². The Balaban J connectivity index is 2.96. The molecule has 1 aromatic rings. The van der Waals surface area contributed by atoms with E-state index in [0.717, 1.165) is 16.8 Å². The Labute approximate surface area is 125 Å². The summed E-state index contributed by atoms with van der Waals surface area (Å²) in [4.78, 5) is 0. The molecular weight excluding hydrogens is 304 g/mol. The molecule has 0 radical (unpaired) electrons. The zero-order valence-electron chi connectivity index (χ0n) is 12.5. The predicted molar refractivity (Wildman–Crippen MR) is 84.9 cm³/mol. The lowest BCUT2D eigenvalue weighted by Crippen LogP contribution is -2.50. The smallest absolute Gasteiger partial charge is 0.122 e. The van der Waals surface area contributed by atoms with Crippen LogP contribution in [-0.4, -0.2) is 25.7 Å². The summed E-state index contributed by atoms with van der Waals surface area (Å²) in [5, 5.41) is 3.52. The van der Waals surface area contributed by atoms with Gasteiger partial charge in [0.05, 0.1) is 7.11 Å². The maximum absolute atomic E-state index is 5.76. The molecule has 1 aromatic carbocycles. The molecule has 0 spiro atoms. The van der Waals surface area contributed by atoms with Crippen LogP contribution in [0.25, 0.3) is 0 Å². The summed E-state index contributed by atoms with van der Waals surface area (Å²) in [6, 6.07) is 6.11. The Hall–Kier alpha value is -0.580. The van der Waals surface area contributed by atoms with E-state index in [4.69, 9.17) is 10.5 Å². The number of nitrogens with two attached hydrogens (primary N) is 1. The predicted octanol–water partition coefficient (Wildman–Crippen LogP) is 3.06. The van der Waals surface area contributed by atoms with Crippen molar-refractivity contribution in [2.45, 2.75) is 38.6 Å². The van der Waals surface area contributed by atoms with E-state index in [1.54, 1.807) is 7.11 Å². The van der Waals surface area contributed by atoms with Gasteiger partial charge in [0.1, 0.15) is 5.75 Å². The number of methoxy groups -OCH3 is 1. The van der Waals surface area contributed by atoms with E-state index in [-0.39, 0.29) is 11.0 Å². The van der Waals surface area contributed by atoms with Crippen LogP contribution in [0.15, 0.2) is 22.7 Å². The second-order valence-electron chi connectivity index (χ2n) is 6.17.